The van der Waals surface area contributed by atoms with Crippen LogP contribution in [0.25, 0.3) is 0 Å². The molecule has 1 aromatic rings. The number of carbonyl (C=O) groups is 1. The van der Waals surface area contributed by atoms with E-state index in [0.717, 1.165) is 11.3 Å². The maximum Gasteiger partial charge on any atom is 0.243 e. The van der Waals surface area contributed by atoms with E-state index in [-0.39, 0.29) is 37.3 Å². The summed E-state index contributed by atoms with van der Waals surface area (Å²) in [6.45, 7) is 2.07. The lowest BCUT2D eigenvalue weighted by molar-refractivity contribution is -0.118. The lowest BCUT2D eigenvalue weighted by Crippen LogP contribution is -2.39. The first-order chi connectivity index (χ1) is 7.15. The highest BCUT2D eigenvalue weighted by atomic mass is 35.5. The highest BCUT2D eigenvalue weighted by Crippen LogP contribution is 2.11. The fourth-order valence-electron chi connectivity index (χ4n) is 1.09. The zero-order valence-corrected chi connectivity index (χ0v) is 11.3. The van der Waals surface area contributed by atoms with Gasteiger partial charge in [0.15, 0.2) is 0 Å². The van der Waals surface area contributed by atoms with Crippen LogP contribution in [-0.4, -0.2) is 30.6 Å². The summed E-state index contributed by atoms with van der Waals surface area (Å²) < 4.78 is 4.79. The number of rotatable bonds is 4. The number of nitrogens with zero attached hydrogens (tertiary/aromatic N) is 1. The molecule has 0 aliphatic carbocycles. The van der Waals surface area contributed by atoms with Gasteiger partial charge in [-0.3, -0.25) is 9.78 Å². The maximum absolute atomic E-state index is 11.5. The molecule has 1 aromatic heterocycles. The van der Waals surface area contributed by atoms with Crippen molar-refractivity contribution in [2.75, 3.05) is 19.0 Å². The normalized spacial score (nSPS) is 10.8. The van der Waals surface area contributed by atoms with Crippen molar-refractivity contribution >= 4 is 36.4 Å². The van der Waals surface area contributed by atoms with Gasteiger partial charge in [-0.1, -0.05) is 0 Å². The topological polar surface area (TPSA) is 77.2 Å². The Hall–Kier alpha value is -0.880. The molecule has 1 rings (SSSR count). The van der Waals surface area contributed by atoms with Gasteiger partial charge in [-0.05, 0) is 18.6 Å². The van der Waals surface area contributed by atoms with Crippen LogP contribution < -0.4 is 11.1 Å². The third kappa shape index (κ3) is 5.83. The third-order valence-electron chi connectivity index (χ3n) is 1.96. The Morgan fingerprint density at radius 3 is 2.76 bits per heavy atom. The summed E-state index contributed by atoms with van der Waals surface area (Å²) in [5, 5.41) is 2.71. The molecule has 0 aromatic carbocycles. The monoisotopic (exact) mass is 281 g/mol. The molecule has 17 heavy (non-hydrogen) atoms. The zero-order valence-electron chi connectivity index (χ0n) is 9.67. The quantitative estimate of drug-likeness (QED) is 0.868. The minimum Gasteiger partial charge on any atom is -0.383 e. The summed E-state index contributed by atoms with van der Waals surface area (Å²) in [6, 6.07) is 1.08. The van der Waals surface area contributed by atoms with E-state index < -0.39 is 6.04 Å². The van der Waals surface area contributed by atoms with Gasteiger partial charge in [0.2, 0.25) is 5.91 Å². The van der Waals surface area contributed by atoms with Gasteiger partial charge < -0.3 is 15.8 Å². The van der Waals surface area contributed by atoms with Crippen LogP contribution in [0.15, 0.2) is 18.5 Å². The van der Waals surface area contributed by atoms with Gasteiger partial charge in [0.1, 0.15) is 6.04 Å². The second-order valence-electron chi connectivity index (χ2n) is 3.24. The van der Waals surface area contributed by atoms with E-state index in [1.54, 1.807) is 18.5 Å². The number of aryl methyl sites for hydroxylation is 1. The van der Waals surface area contributed by atoms with Gasteiger partial charge in [-0.25, -0.2) is 0 Å². The van der Waals surface area contributed by atoms with Gasteiger partial charge in [0.25, 0.3) is 0 Å². The second-order valence-corrected chi connectivity index (χ2v) is 3.24. The summed E-state index contributed by atoms with van der Waals surface area (Å²) in [5.41, 5.74) is 7.20. The van der Waals surface area contributed by atoms with E-state index in [4.69, 9.17) is 10.5 Å². The number of hydrogen-bond donors (Lipinski definition) is 2. The lowest BCUT2D eigenvalue weighted by Gasteiger charge is -2.12. The van der Waals surface area contributed by atoms with Crippen LogP contribution in [0.3, 0.4) is 0 Å². The van der Waals surface area contributed by atoms with Gasteiger partial charge in [-0.2, -0.15) is 0 Å². The smallest absolute Gasteiger partial charge is 0.243 e. The number of anilines is 1. The van der Waals surface area contributed by atoms with E-state index in [9.17, 15) is 4.79 Å². The predicted molar refractivity (Wildman–Crippen MR) is 72.0 cm³/mol. The Labute approximate surface area is 113 Å². The average Bonchev–Trinajstić information content (AvgIpc) is 2.21. The van der Waals surface area contributed by atoms with Crippen LogP contribution in [0.4, 0.5) is 5.69 Å². The zero-order chi connectivity index (χ0) is 11.3. The first kappa shape index (κ1) is 18.5. The average molecular weight is 282 g/mol. The molecule has 0 aliphatic heterocycles. The lowest BCUT2D eigenvalue weighted by atomic mass is 10.2. The van der Waals surface area contributed by atoms with E-state index in [2.05, 4.69) is 10.3 Å². The van der Waals surface area contributed by atoms with Crippen LogP contribution in [0.5, 0.6) is 0 Å². The van der Waals surface area contributed by atoms with Crippen LogP contribution in [0.2, 0.25) is 0 Å². The van der Waals surface area contributed by atoms with Gasteiger partial charge in [0.05, 0.1) is 6.61 Å². The molecule has 0 bridgehead atoms. The third-order valence-corrected chi connectivity index (χ3v) is 1.96. The van der Waals surface area contributed by atoms with Crippen molar-refractivity contribution in [2.24, 2.45) is 5.73 Å². The number of methoxy groups -OCH3 is 1. The first-order valence-electron chi connectivity index (χ1n) is 4.61. The van der Waals surface area contributed by atoms with Crippen molar-refractivity contribution in [1.82, 2.24) is 4.98 Å². The Morgan fingerprint density at radius 2 is 2.24 bits per heavy atom. The molecule has 0 radical (unpaired) electrons. The maximum atomic E-state index is 11.5. The van der Waals surface area contributed by atoms with Crippen LogP contribution in [-0.2, 0) is 9.53 Å². The number of amides is 1. The molecule has 0 fully saturated rings. The number of aromatic nitrogens is 1. The number of nitrogens with two attached hydrogens (primary N) is 1. The number of pyridine rings is 1. The summed E-state index contributed by atoms with van der Waals surface area (Å²) in [4.78, 5) is 15.4. The Balaban J connectivity index is 0. The summed E-state index contributed by atoms with van der Waals surface area (Å²) in [7, 11) is 1.50. The van der Waals surface area contributed by atoms with E-state index in [0.29, 0.717) is 0 Å². The number of carbonyl (C=O) groups excluding carboxylic acids is 1. The number of nitrogens with one attached hydrogen (secondary N) is 1. The van der Waals surface area contributed by atoms with Crippen molar-refractivity contribution in [3.8, 4) is 0 Å². The summed E-state index contributed by atoms with van der Waals surface area (Å²) >= 11 is 0. The number of ether oxygens (including phenoxy) is 1. The Kier molecular flexibility index (Phi) is 9.98. The summed E-state index contributed by atoms with van der Waals surface area (Å²) in [5.74, 6) is -0.258. The molecule has 0 saturated carbocycles. The van der Waals surface area contributed by atoms with Crippen molar-refractivity contribution in [2.45, 2.75) is 13.0 Å². The van der Waals surface area contributed by atoms with Crippen LogP contribution >= 0.6 is 24.8 Å². The van der Waals surface area contributed by atoms with Gasteiger partial charge >= 0.3 is 0 Å². The highest BCUT2D eigenvalue weighted by molar-refractivity contribution is 5.95. The fourth-order valence-corrected chi connectivity index (χ4v) is 1.09. The molecule has 1 amide bonds. The van der Waals surface area contributed by atoms with Gasteiger partial charge in [-0.15, -0.1) is 24.8 Å². The Morgan fingerprint density at radius 1 is 1.59 bits per heavy atom. The van der Waals surface area contributed by atoms with E-state index in [1.807, 2.05) is 6.92 Å². The predicted octanol–water partition coefficient (Wildman–Crippen LogP) is 1.15. The fraction of sp³-hybridized carbons (Fsp3) is 0.400. The molecular formula is C10H17Cl2N3O2. The molecule has 1 unspecified atom stereocenters. The minimum atomic E-state index is -0.650. The number of halogens is 2. The summed E-state index contributed by atoms with van der Waals surface area (Å²) in [6.07, 6.45) is 3.29. The number of hydrogen-bond acceptors (Lipinski definition) is 4. The van der Waals surface area contributed by atoms with Crippen LogP contribution in [0.1, 0.15) is 5.56 Å². The van der Waals surface area contributed by atoms with E-state index in [1.165, 1.54) is 7.11 Å². The molecular weight excluding hydrogens is 265 g/mol. The van der Waals surface area contributed by atoms with Crippen molar-refractivity contribution in [1.29, 1.82) is 0 Å². The molecule has 0 spiro atoms. The van der Waals surface area contributed by atoms with Crippen molar-refractivity contribution in [3.63, 3.8) is 0 Å². The molecule has 1 atom stereocenters. The molecule has 0 aliphatic rings. The largest absolute Gasteiger partial charge is 0.383 e. The van der Waals surface area contributed by atoms with E-state index >= 15 is 0 Å². The molecule has 7 heteroatoms. The highest BCUT2D eigenvalue weighted by Gasteiger charge is 2.13. The molecule has 98 valence electrons. The molecule has 0 saturated heterocycles. The SMILES string of the molecule is COCC(N)C(=O)Nc1ccncc1C.Cl.Cl. The molecule has 5 nitrogen and oxygen atoms in total. The minimum absolute atomic E-state index is 0. The molecule has 3 N–H and O–H groups in total. The standard InChI is InChI=1S/C10H15N3O2.2ClH/c1-7-5-12-4-3-9(7)13-10(14)8(11)6-15-2;;/h3-5,8H,6,11H2,1-2H3,(H,12,13,14);2*1H. The molecule has 1 heterocycles. The second kappa shape index (κ2) is 9.18. The van der Waals surface area contributed by atoms with Crippen molar-refractivity contribution < 1.29 is 9.53 Å². The Bertz CT molecular complexity index is 350. The van der Waals surface area contributed by atoms with Crippen molar-refractivity contribution in [3.05, 3.63) is 24.0 Å². The van der Waals surface area contributed by atoms with Gasteiger partial charge in [0, 0.05) is 25.2 Å². The van der Waals surface area contributed by atoms with Crippen LogP contribution in [0, 0.1) is 6.92 Å². The first-order valence-corrected chi connectivity index (χ1v) is 4.61.